The Bertz CT molecular complexity index is 919. The highest BCUT2D eigenvalue weighted by Gasteiger charge is 2.35. The number of fused-ring (bicyclic) bond motifs is 2. The van der Waals surface area contributed by atoms with E-state index < -0.39 is 20.5 Å². The smallest absolute Gasteiger partial charge is 0.250 e. The zero-order chi connectivity index (χ0) is 16.9. The number of hydrogen-bond donors (Lipinski definition) is 1. The molecule has 0 saturated heterocycles. The van der Waals surface area contributed by atoms with Gasteiger partial charge in [-0.3, -0.25) is 14.9 Å². The minimum atomic E-state index is -3.61. The van der Waals surface area contributed by atoms with Crippen LogP contribution in [-0.4, -0.2) is 25.4 Å². The summed E-state index contributed by atoms with van der Waals surface area (Å²) >= 11 is 6.02. The molecule has 1 N–H and O–H groups in total. The number of sulfone groups is 1. The largest absolute Gasteiger partial charge is 0.353 e. The Kier molecular flexibility index (Phi) is 3.53. The minimum absolute atomic E-state index is 0.00807. The Morgan fingerprint density at radius 2 is 2.00 bits per heavy atom. The molecule has 3 rings (SSSR count). The van der Waals surface area contributed by atoms with Crippen LogP contribution in [0.5, 0.6) is 0 Å². The van der Waals surface area contributed by atoms with Crippen molar-refractivity contribution in [1.29, 1.82) is 0 Å². The summed E-state index contributed by atoms with van der Waals surface area (Å²) in [6.07, 6.45) is 5.21. The minimum Gasteiger partial charge on any atom is -0.353 e. The van der Waals surface area contributed by atoms with Crippen molar-refractivity contribution < 1.29 is 18.1 Å². The van der Waals surface area contributed by atoms with E-state index in [-0.39, 0.29) is 34.2 Å². The Morgan fingerprint density at radius 3 is 2.61 bits per heavy atom. The van der Waals surface area contributed by atoms with Crippen molar-refractivity contribution in [3.63, 3.8) is 0 Å². The molecule has 0 bridgehead atoms. The van der Waals surface area contributed by atoms with Crippen LogP contribution in [0.4, 0.5) is 0 Å². The van der Waals surface area contributed by atoms with Crippen LogP contribution in [0.3, 0.4) is 0 Å². The quantitative estimate of drug-likeness (QED) is 0.597. The fourth-order valence-corrected chi connectivity index (χ4v) is 3.81. The van der Waals surface area contributed by atoms with Crippen LogP contribution in [0.25, 0.3) is 0 Å². The summed E-state index contributed by atoms with van der Waals surface area (Å²) in [6.45, 7) is 0. The summed E-state index contributed by atoms with van der Waals surface area (Å²) < 4.78 is 23.9. The van der Waals surface area contributed by atoms with Crippen LogP contribution in [0.15, 0.2) is 56.4 Å². The Balaban J connectivity index is 2.22. The summed E-state index contributed by atoms with van der Waals surface area (Å²) in [6, 6.07) is 0. The second-order valence-corrected chi connectivity index (χ2v) is 7.78. The zero-order valence-corrected chi connectivity index (χ0v) is 13.5. The van der Waals surface area contributed by atoms with Crippen LogP contribution in [0, 0.1) is 10.1 Å². The van der Waals surface area contributed by atoms with E-state index in [0.717, 1.165) is 6.26 Å². The second kappa shape index (κ2) is 5.17. The van der Waals surface area contributed by atoms with E-state index in [9.17, 15) is 23.3 Å². The molecular formula is C14H11ClN2O5S. The fraction of sp³-hybridized carbons (Fsp3) is 0.214. The molecule has 120 valence electrons. The predicted octanol–water partition coefficient (Wildman–Crippen LogP) is 1.69. The summed E-state index contributed by atoms with van der Waals surface area (Å²) in [5.41, 5.74) is 1.69. The van der Waals surface area contributed by atoms with E-state index in [2.05, 4.69) is 5.32 Å². The number of rotatable bonds is 2. The van der Waals surface area contributed by atoms with Gasteiger partial charge >= 0.3 is 0 Å². The molecule has 23 heavy (non-hydrogen) atoms. The maximum Gasteiger partial charge on any atom is 0.250 e. The van der Waals surface area contributed by atoms with Gasteiger partial charge in [0.2, 0.25) is 0 Å². The van der Waals surface area contributed by atoms with Crippen molar-refractivity contribution in [3.8, 4) is 0 Å². The molecule has 0 unspecified atom stereocenters. The predicted molar refractivity (Wildman–Crippen MR) is 83.4 cm³/mol. The Hall–Kier alpha value is -2.19. The third-order valence-corrected chi connectivity index (χ3v) is 5.43. The van der Waals surface area contributed by atoms with Gasteiger partial charge in [0.05, 0.1) is 21.9 Å². The lowest BCUT2D eigenvalue weighted by Gasteiger charge is -2.29. The molecule has 3 aliphatic rings. The van der Waals surface area contributed by atoms with Crippen LogP contribution in [0.1, 0.15) is 12.8 Å². The highest BCUT2D eigenvalue weighted by molar-refractivity contribution is 7.94. The molecule has 0 aromatic carbocycles. The van der Waals surface area contributed by atoms with E-state index in [0.29, 0.717) is 16.8 Å². The SMILES string of the molecule is CS(=O)(=O)C1=C2C=C3CC([N+](=O)[O-])=CC=C3NC2=C(Cl)C(=O)C1. The fourth-order valence-electron chi connectivity index (χ4n) is 2.64. The van der Waals surface area contributed by atoms with Crippen molar-refractivity contribution in [2.45, 2.75) is 12.8 Å². The van der Waals surface area contributed by atoms with Crippen LogP contribution in [-0.2, 0) is 14.6 Å². The highest BCUT2D eigenvalue weighted by Crippen LogP contribution is 2.39. The molecule has 0 saturated carbocycles. The van der Waals surface area contributed by atoms with Gasteiger partial charge in [-0.2, -0.15) is 0 Å². The lowest BCUT2D eigenvalue weighted by atomic mass is 9.90. The monoisotopic (exact) mass is 354 g/mol. The van der Waals surface area contributed by atoms with Gasteiger partial charge in [-0.15, -0.1) is 0 Å². The molecule has 7 nitrogen and oxygen atoms in total. The molecule has 0 spiro atoms. The first-order valence-corrected chi connectivity index (χ1v) is 8.85. The summed E-state index contributed by atoms with van der Waals surface area (Å²) in [5, 5.41) is 13.8. The van der Waals surface area contributed by atoms with Crippen molar-refractivity contribution in [2.75, 3.05) is 6.26 Å². The first kappa shape index (κ1) is 15.7. The van der Waals surface area contributed by atoms with Crippen LogP contribution in [0.2, 0.25) is 0 Å². The van der Waals surface area contributed by atoms with Gasteiger partial charge < -0.3 is 5.32 Å². The average Bonchev–Trinajstić information content (AvgIpc) is 2.47. The van der Waals surface area contributed by atoms with Gasteiger partial charge in [0.25, 0.3) is 5.70 Å². The molecule has 0 atom stereocenters. The summed E-state index contributed by atoms with van der Waals surface area (Å²) in [7, 11) is -3.61. The lowest BCUT2D eigenvalue weighted by Crippen LogP contribution is -2.29. The van der Waals surface area contributed by atoms with E-state index in [1.807, 2.05) is 0 Å². The third-order valence-electron chi connectivity index (χ3n) is 3.78. The van der Waals surface area contributed by atoms with Crippen molar-refractivity contribution in [1.82, 2.24) is 5.32 Å². The van der Waals surface area contributed by atoms with Crippen LogP contribution < -0.4 is 5.32 Å². The summed E-state index contributed by atoms with van der Waals surface area (Å²) in [5.74, 6) is -0.479. The number of nitrogens with one attached hydrogen (secondary N) is 1. The number of nitro groups is 1. The first-order chi connectivity index (χ1) is 10.7. The number of Topliss-reactive ketones (excluding diaryl/α,β-unsaturated/α-hetero) is 1. The molecule has 0 fully saturated rings. The average molecular weight is 355 g/mol. The third kappa shape index (κ3) is 2.64. The van der Waals surface area contributed by atoms with Crippen molar-refractivity contribution >= 4 is 27.2 Å². The number of hydrogen-bond acceptors (Lipinski definition) is 6. The normalized spacial score (nSPS) is 21.0. The van der Waals surface area contributed by atoms with E-state index in [4.69, 9.17) is 11.6 Å². The lowest BCUT2D eigenvalue weighted by molar-refractivity contribution is -0.427. The topological polar surface area (TPSA) is 106 Å². The maximum atomic E-state index is 12.0. The molecule has 0 aromatic rings. The van der Waals surface area contributed by atoms with Crippen molar-refractivity contribution in [2.24, 2.45) is 0 Å². The van der Waals surface area contributed by atoms with E-state index in [1.165, 1.54) is 12.2 Å². The first-order valence-electron chi connectivity index (χ1n) is 6.58. The molecule has 0 aromatic heterocycles. The molecule has 0 radical (unpaired) electrons. The number of halogens is 1. The molecule has 0 amide bonds. The number of ketones is 1. The van der Waals surface area contributed by atoms with Gasteiger partial charge in [0, 0.05) is 30.0 Å². The number of carbonyl (C=O) groups is 1. The van der Waals surface area contributed by atoms with E-state index >= 15 is 0 Å². The number of carbonyl (C=O) groups excluding carboxylic acids is 1. The number of nitrogens with zero attached hydrogens (tertiary/aromatic N) is 1. The molecular weight excluding hydrogens is 344 g/mol. The molecule has 1 heterocycles. The number of allylic oxidation sites excluding steroid dienone is 7. The molecule has 9 heteroatoms. The zero-order valence-electron chi connectivity index (χ0n) is 11.9. The molecule has 2 aliphatic carbocycles. The van der Waals surface area contributed by atoms with Gasteiger partial charge in [-0.1, -0.05) is 11.6 Å². The Labute approximate surface area is 136 Å². The summed E-state index contributed by atoms with van der Waals surface area (Å²) in [4.78, 5) is 22.3. The van der Waals surface area contributed by atoms with Crippen molar-refractivity contribution in [3.05, 3.63) is 66.5 Å². The molecule has 1 aliphatic heterocycles. The standard InChI is InChI=1S/C14H11ClN2O5S/c1-23(21,22)12-6-11(18)13(15)14-9(12)5-7-4-8(17(19)20)2-3-10(7)16-14/h2-3,5,16H,4,6H2,1H3. The Morgan fingerprint density at radius 1 is 1.30 bits per heavy atom. The van der Waals surface area contributed by atoms with E-state index in [1.54, 1.807) is 6.08 Å². The van der Waals surface area contributed by atoms with Gasteiger partial charge in [0.1, 0.15) is 5.03 Å². The van der Waals surface area contributed by atoms with Crippen LogP contribution >= 0.6 is 11.6 Å². The van der Waals surface area contributed by atoms with Gasteiger partial charge in [0.15, 0.2) is 15.6 Å². The second-order valence-electron chi connectivity index (χ2n) is 5.36. The maximum absolute atomic E-state index is 12.0. The highest BCUT2D eigenvalue weighted by atomic mass is 35.5. The van der Waals surface area contributed by atoms with Gasteiger partial charge in [-0.05, 0) is 17.7 Å². The van der Waals surface area contributed by atoms with Gasteiger partial charge in [-0.25, -0.2) is 8.42 Å².